The van der Waals surface area contributed by atoms with Gasteiger partial charge in [-0.1, -0.05) is 34.1 Å². The summed E-state index contributed by atoms with van der Waals surface area (Å²) < 4.78 is 10.9. The van der Waals surface area contributed by atoms with Gasteiger partial charge in [-0.25, -0.2) is 4.98 Å². The van der Waals surface area contributed by atoms with Crippen molar-refractivity contribution in [2.75, 3.05) is 0 Å². The Labute approximate surface area is 213 Å². The third kappa shape index (κ3) is 8.48. The maximum atomic E-state index is 13.2. The van der Waals surface area contributed by atoms with Gasteiger partial charge in [0.25, 0.3) is 0 Å². The number of nitrogens with zero attached hydrogens (tertiary/aromatic N) is 1. The SMILES string of the molecule is C/C(=C\c1csc(C)n1)[C@H](C)OC(=O)CC(O)C(C)(C)C(=O)[C@H](C)[C@@H](O)[C@@H](C)CCC[C@H]1O[C@H]1C. The van der Waals surface area contributed by atoms with Gasteiger partial charge in [-0.05, 0) is 58.1 Å². The summed E-state index contributed by atoms with van der Waals surface area (Å²) in [5.74, 6) is -1.56. The van der Waals surface area contributed by atoms with E-state index in [1.54, 1.807) is 39.0 Å². The maximum absolute atomic E-state index is 13.2. The fourth-order valence-corrected chi connectivity index (χ4v) is 4.86. The van der Waals surface area contributed by atoms with Crippen LogP contribution >= 0.6 is 11.3 Å². The molecule has 1 aromatic rings. The molecule has 1 saturated heterocycles. The van der Waals surface area contributed by atoms with E-state index < -0.39 is 35.6 Å². The average molecular weight is 510 g/mol. The molecule has 1 fully saturated rings. The van der Waals surface area contributed by atoms with Gasteiger partial charge in [0, 0.05) is 11.3 Å². The normalized spacial score (nSPS) is 22.7. The van der Waals surface area contributed by atoms with Crippen molar-refractivity contribution in [2.24, 2.45) is 17.3 Å². The number of aliphatic hydroxyl groups is 2. The third-order valence-electron chi connectivity index (χ3n) is 7.28. The first-order chi connectivity index (χ1) is 16.2. The second-order valence-corrected chi connectivity index (χ2v) is 11.7. The molecule has 7 nitrogen and oxygen atoms in total. The van der Waals surface area contributed by atoms with Gasteiger partial charge in [-0.15, -0.1) is 11.3 Å². The number of hydrogen-bond acceptors (Lipinski definition) is 8. The summed E-state index contributed by atoms with van der Waals surface area (Å²) in [6, 6.07) is 0. The van der Waals surface area contributed by atoms with Gasteiger partial charge in [0.1, 0.15) is 11.9 Å². The number of rotatable bonds is 14. The molecule has 1 aliphatic heterocycles. The highest BCUT2D eigenvalue weighted by molar-refractivity contribution is 7.09. The summed E-state index contributed by atoms with van der Waals surface area (Å²) in [7, 11) is 0. The van der Waals surface area contributed by atoms with Gasteiger partial charge < -0.3 is 19.7 Å². The molecule has 198 valence electrons. The quantitative estimate of drug-likeness (QED) is 0.276. The Hall–Kier alpha value is -1.61. The summed E-state index contributed by atoms with van der Waals surface area (Å²) in [6.45, 7) is 14.5. The molecule has 1 unspecified atom stereocenters. The largest absolute Gasteiger partial charge is 0.458 e. The Morgan fingerprint density at radius 1 is 1.29 bits per heavy atom. The zero-order chi connectivity index (χ0) is 26.5. The first-order valence-electron chi connectivity index (χ1n) is 12.6. The third-order valence-corrected chi connectivity index (χ3v) is 8.08. The van der Waals surface area contributed by atoms with Crippen molar-refractivity contribution in [3.8, 4) is 0 Å². The molecular formula is C27H43NO6S. The van der Waals surface area contributed by atoms with Gasteiger partial charge in [-0.2, -0.15) is 0 Å². The fourth-order valence-electron chi connectivity index (χ4n) is 4.29. The van der Waals surface area contributed by atoms with Crippen molar-refractivity contribution in [2.45, 2.75) is 112 Å². The maximum Gasteiger partial charge on any atom is 0.309 e. The number of carbonyl (C=O) groups excluding carboxylic acids is 2. The smallest absolute Gasteiger partial charge is 0.309 e. The monoisotopic (exact) mass is 509 g/mol. The van der Waals surface area contributed by atoms with Crippen LogP contribution in [-0.4, -0.2) is 57.5 Å². The highest BCUT2D eigenvalue weighted by Crippen LogP contribution is 2.33. The number of ether oxygens (including phenoxy) is 2. The van der Waals surface area contributed by atoms with Crippen LogP contribution in [0.3, 0.4) is 0 Å². The van der Waals surface area contributed by atoms with Crippen molar-refractivity contribution in [1.82, 2.24) is 4.98 Å². The number of thiazole rings is 1. The second-order valence-electron chi connectivity index (χ2n) is 10.7. The van der Waals surface area contributed by atoms with Crippen LogP contribution in [-0.2, 0) is 19.1 Å². The van der Waals surface area contributed by atoms with Crippen molar-refractivity contribution in [3.05, 3.63) is 21.7 Å². The molecule has 1 aromatic heterocycles. The number of hydrogen-bond donors (Lipinski definition) is 2. The van der Waals surface area contributed by atoms with Gasteiger partial charge in [0.15, 0.2) is 0 Å². The topological polar surface area (TPSA) is 109 Å². The lowest BCUT2D eigenvalue weighted by atomic mass is 9.73. The van der Waals surface area contributed by atoms with Gasteiger partial charge >= 0.3 is 5.97 Å². The number of epoxide rings is 1. The Bertz CT molecular complexity index is 894. The van der Waals surface area contributed by atoms with Crippen LogP contribution in [0.15, 0.2) is 11.0 Å². The zero-order valence-electron chi connectivity index (χ0n) is 22.4. The van der Waals surface area contributed by atoms with E-state index in [-0.39, 0.29) is 18.1 Å². The van der Waals surface area contributed by atoms with Crippen molar-refractivity contribution in [3.63, 3.8) is 0 Å². The standard InChI is InChI=1S/C27H43NO6S/c1-15(10-9-11-22-19(5)33-22)25(31)17(3)26(32)27(7,8)23(29)13-24(30)34-18(4)16(2)12-21-14-35-20(6)28-21/h12,14-15,17-19,22-23,25,29,31H,9-11,13H2,1-8H3/b16-12+/t15-,17+,18-,19-,22+,23?,25-/m0/s1. The minimum absolute atomic E-state index is 0.0574. The summed E-state index contributed by atoms with van der Waals surface area (Å²) in [4.78, 5) is 30.1. The minimum atomic E-state index is -1.22. The molecule has 35 heavy (non-hydrogen) atoms. The molecule has 2 heterocycles. The van der Waals surface area contributed by atoms with E-state index in [2.05, 4.69) is 11.9 Å². The first kappa shape index (κ1) is 29.6. The van der Waals surface area contributed by atoms with Gasteiger partial charge in [0.05, 0.1) is 47.0 Å². The molecule has 0 saturated carbocycles. The van der Waals surface area contributed by atoms with Crippen LogP contribution < -0.4 is 0 Å². The van der Waals surface area contributed by atoms with Gasteiger partial charge in [0.2, 0.25) is 0 Å². The van der Waals surface area contributed by atoms with E-state index in [9.17, 15) is 19.8 Å². The van der Waals surface area contributed by atoms with Crippen LogP contribution in [0.5, 0.6) is 0 Å². The highest BCUT2D eigenvalue weighted by Gasteiger charge is 2.42. The molecule has 0 amide bonds. The van der Waals surface area contributed by atoms with Crippen molar-refractivity contribution >= 4 is 29.2 Å². The lowest BCUT2D eigenvalue weighted by Crippen LogP contribution is -2.45. The average Bonchev–Trinajstić information content (AvgIpc) is 3.33. The van der Waals surface area contributed by atoms with E-state index in [0.29, 0.717) is 12.2 Å². The zero-order valence-corrected chi connectivity index (χ0v) is 23.2. The van der Waals surface area contributed by atoms with Crippen LogP contribution in [0.25, 0.3) is 6.08 Å². The van der Waals surface area contributed by atoms with Crippen molar-refractivity contribution in [1.29, 1.82) is 0 Å². The number of ketones is 1. The molecule has 1 aliphatic rings. The summed E-state index contributed by atoms with van der Waals surface area (Å²) in [5, 5.41) is 24.4. The minimum Gasteiger partial charge on any atom is -0.458 e. The molecular weight excluding hydrogens is 466 g/mol. The van der Waals surface area contributed by atoms with E-state index in [0.717, 1.165) is 35.5 Å². The van der Waals surface area contributed by atoms with E-state index in [1.807, 2.05) is 32.2 Å². The van der Waals surface area contributed by atoms with Crippen molar-refractivity contribution < 1.29 is 29.3 Å². The lowest BCUT2D eigenvalue weighted by Gasteiger charge is -2.34. The molecule has 0 aliphatic carbocycles. The predicted octanol–water partition coefficient (Wildman–Crippen LogP) is 4.72. The van der Waals surface area contributed by atoms with Crippen LogP contribution in [0.2, 0.25) is 0 Å². The fraction of sp³-hybridized carbons (Fsp3) is 0.741. The molecule has 2 rings (SSSR count). The Morgan fingerprint density at radius 2 is 1.91 bits per heavy atom. The highest BCUT2D eigenvalue weighted by atomic mass is 32.1. The summed E-state index contributed by atoms with van der Waals surface area (Å²) in [6.07, 6.45) is 2.38. The molecule has 0 bridgehead atoms. The predicted molar refractivity (Wildman–Crippen MR) is 138 cm³/mol. The molecule has 8 heteroatoms. The molecule has 0 radical (unpaired) electrons. The Balaban J connectivity index is 1.86. The number of aryl methyl sites for hydroxylation is 1. The van der Waals surface area contributed by atoms with Crippen LogP contribution in [0, 0.1) is 24.2 Å². The van der Waals surface area contributed by atoms with E-state index in [1.165, 1.54) is 0 Å². The number of aliphatic hydroxyl groups excluding tert-OH is 2. The summed E-state index contributed by atoms with van der Waals surface area (Å²) >= 11 is 1.55. The number of esters is 1. The van der Waals surface area contributed by atoms with Crippen LogP contribution in [0.1, 0.15) is 84.9 Å². The lowest BCUT2D eigenvalue weighted by molar-refractivity contribution is -0.153. The molecule has 7 atom stereocenters. The Kier molecular flexibility index (Phi) is 10.6. The molecule has 0 spiro atoms. The second kappa shape index (κ2) is 12.6. The number of Topliss-reactive ketones (excluding diaryl/α,β-unsaturated/α-hetero) is 1. The van der Waals surface area contributed by atoms with Gasteiger partial charge in [-0.3, -0.25) is 9.59 Å². The van der Waals surface area contributed by atoms with Crippen LogP contribution in [0.4, 0.5) is 0 Å². The molecule has 0 aromatic carbocycles. The summed E-state index contributed by atoms with van der Waals surface area (Å²) in [5.41, 5.74) is 0.446. The first-order valence-corrected chi connectivity index (χ1v) is 13.5. The molecule has 2 N–H and O–H groups in total. The van der Waals surface area contributed by atoms with E-state index >= 15 is 0 Å². The Morgan fingerprint density at radius 3 is 2.46 bits per heavy atom. The number of carbonyl (C=O) groups is 2. The number of aromatic nitrogens is 1. The van der Waals surface area contributed by atoms with E-state index in [4.69, 9.17) is 9.47 Å².